The maximum atomic E-state index is 10.1. The van der Waals surface area contributed by atoms with Crippen LogP contribution >= 0.6 is 0 Å². The molecule has 0 amide bonds. The van der Waals surface area contributed by atoms with Gasteiger partial charge in [-0.15, -0.1) is 0 Å². The van der Waals surface area contributed by atoms with Crippen LogP contribution in [0.5, 0.6) is 0 Å². The molecule has 0 unspecified atom stereocenters. The summed E-state index contributed by atoms with van der Waals surface area (Å²) < 4.78 is 25.7. The van der Waals surface area contributed by atoms with Gasteiger partial charge in [-0.25, -0.2) is 4.79 Å². The first-order valence-corrected chi connectivity index (χ1v) is 7.08. The van der Waals surface area contributed by atoms with E-state index in [1.165, 1.54) is 0 Å². The fourth-order valence-corrected chi connectivity index (χ4v) is 1.21. The van der Waals surface area contributed by atoms with Gasteiger partial charge >= 0.3 is 5.97 Å². The third kappa shape index (κ3) is 19.2. The minimum Gasteiger partial charge on any atom is -0.480 e. The van der Waals surface area contributed by atoms with Crippen molar-refractivity contribution in [3.8, 4) is 0 Å². The third-order valence-electron chi connectivity index (χ3n) is 2.17. The maximum Gasteiger partial charge on any atom is 0.329 e. The van der Waals surface area contributed by atoms with Crippen molar-refractivity contribution in [2.24, 2.45) is 0 Å². The van der Waals surface area contributed by atoms with E-state index in [1.807, 2.05) is 6.92 Å². The summed E-state index contributed by atoms with van der Waals surface area (Å²) in [7, 11) is 0. The van der Waals surface area contributed by atoms with E-state index < -0.39 is 5.97 Å². The van der Waals surface area contributed by atoms with Gasteiger partial charge in [-0.2, -0.15) is 0 Å². The lowest BCUT2D eigenvalue weighted by atomic mass is 10.6. The van der Waals surface area contributed by atoms with E-state index >= 15 is 0 Å². The van der Waals surface area contributed by atoms with Crippen molar-refractivity contribution in [2.75, 3.05) is 72.7 Å². The van der Waals surface area contributed by atoms with Gasteiger partial charge in [0.05, 0.1) is 53.0 Å². The molecule has 0 fully saturated rings. The zero-order valence-electron chi connectivity index (χ0n) is 12.7. The van der Waals surface area contributed by atoms with Gasteiger partial charge in [0.15, 0.2) is 0 Å². The Bertz CT molecular complexity index is 229. The van der Waals surface area contributed by atoms with Gasteiger partial charge in [-0.3, -0.25) is 5.32 Å². The van der Waals surface area contributed by atoms with Gasteiger partial charge in [0.25, 0.3) is 0 Å². The molecule has 0 aliphatic carbocycles. The quantitative estimate of drug-likeness (QED) is 0.280. The van der Waals surface area contributed by atoms with E-state index in [2.05, 4.69) is 5.32 Å². The Balaban J connectivity index is 2.95. The average molecular weight is 309 g/mol. The molecular weight excluding hydrogens is 282 g/mol. The molecule has 0 aromatic carbocycles. The molecule has 0 spiro atoms. The molecule has 0 saturated carbocycles. The van der Waals surface area contributed by atoms with Crippen molar-refractivity contribution < 1.29 is 33.6 Å². The van der Waals surface area contributed by atoms with Crippen LogP contribution in [-0.4, -0.2) is 83.8 Å². The minimum absolute atomic E-state index is 0.268. The van der Waals surface area contributed by atoms with E-state index in [1.54, 1.807) is 0 Å². The number of rotatable bonds is 17. The highest BCUT2D eigenvalue weighted by Crippen LogP contribution is 1.83. The second-order valence-corrected chi connectivity index (χ2v) is 3.92. The Hall–Kier alpha value is -0.770. The van der Waals surface area contributed by atoms with Crippen LogP contribution in [0.2, 0.25) is 0 Å². The van der Waals surface area contributed by atoms with Crippen molar-refractivity contribution in [2.45, 2.75) is 6.92 Å². The summed E-state index contributed by atoms with van der Waals surface area (Å²) in [6, 6.07) is 0. The fourth-order valence-electron chi connectivity index (χ4n) is 1.21. The standard InChI is InChI=1S/C13H27NO7/c1-2-17-12-14-3-4-18-5-6-19-7-8-20-9-10-21-11-13(15)16/h14H,2-12H2,1H3,(H,15,16). The van der Waals surface area contributed by atoms with E-state index in [9.17, 15) is 4.79 Å². The number of nitrogens with one attached hydrogen (secondary N) is 1. The number of ether oxygens (including phenoxy) is 5. The number of hydrogen-bond donors (Lipinski definition) is 2. The van der Waals surface area contributed by atoms with Crippen LogP contribution in [0, 0.1) is 0 Å². The third-order valence-corrected chi connectivity index (χ3v) is 2.17. The normalized spacial score (nSPS) is 10.9. The predicted molar refractivity (Wildman–Crippen MR) is 75.4 cm³/mol. The van der Waals surface area contributed by atoms with Crippen LogP contribution in [0.4, 0.5) is 0 Å². The molecule has 8 nitrogen and oxygen atoms in total. The summed E-state index contributed by atoms with van der Waals surface area (Å²) in [5, 5.41) is 11.4. The van der Waals surface area contributed by atoms with Crippen LogP contribution in [-0.2, 0) is 28.5 Å². The molecule has 0 aromatic rings. The molecule has 126 valence electrons. The van der Waals surface area contributed by atoms with Crippen molar-refractivity contribution >= 4 is 5.97 Å². The van der Waals surface area contributed by atoms with Crippen LogP contribution in [0.1, 0.15) is 6.92 Å². The number of carboxylic acid groups (broad SMARTS) is 1. The Morgan fingerprint density at radius 1 is 0.857 bits per heavy atom. The van der Waals surface area contributed by atoms with E-state index in [0.717, 1.165) is 6.54 Å². The molecule has 0 saturated heterocycles. The summed E-state index contributed by atoms with van der Waals surface area (Å²) >= 11 is 0. The molecule has 0 aliphatic heterocycles. The summed E-state index contributed by atoms with van der Waals surface area (Å²) in [6.07, 6.45) is 0. The fraction of sp³-hybridized carbons (Fsp3) is 0.923. The van der Waals surface area contributed by atoms with Crippen molar-refractivity contribution in [1.29, 1.82) is 0 Å². The maximum absolute atomic E-state index is 10.1. The molecule has 2 N–H and O–H groups in total. The molecule has 0 atom stereocenters. The van der Waals surface area contributed by atoms with Crippen molar-refractivity contribution in [3.63, 3.8) is 0 Å². The van der Waals surface area contributed by atoms with Gasteiger partial charge in [-0.1, -0.05) is 0 Å². The molecule has 0 heterocycles. The molecule has 0 aliphatic rings. The Kier molecular flexibility index (Phi) is 16.6. The lowest BCUT2D eigenvalue weighted by Crippen LogP contribution is -2.23. The van der Waals surface area contributed by atoms with Crippen LogP contribution in [0.15, 0.2) is 0 Å². The van der Waals surface area contributed by atoms with Crippen LogP contribution in [0.3, 0.4) is 0 Å². The molecular formula is C13H27NO7. The van der Waals surface area contributed by atoms with E-state index in [0.29, 0.717) is 53.0 Å². The monoisotopic (exact) mass is 309 g/mol. The lowest BCUT2D eigenvalue weighted by molar-refractivity contribution is -0.142. The Labute approximate surface area is 125 Å². The SMILES string of the molecule is CCOCNCCOCCOCCOCCOCC(=O)O. The van der Waals surface area contributed by atoms with Crippen molar-refractivity contribution in [3.05, 3.63) is 0 Å². The number of hydrogen-bond acceptors (Lipinski definition) is 7. The highest BCUT2D eigenvalue weighted by molar-refractivity contribution is 5.67. The Morgan fingerprint density at radius 3 is 1.90 bits per heavy atom. The van der Waals surface area contributed by atoms with Gasteiger partial charge in [0.2, 0.25) is 0 Å². The summed E-state index contributed by atoms with van der Waals surface area (Å²) in [5.41, 5.74) is 0. The first kappa shape index (κ1) is 20.2. The average Bonchev–Trinajstić information content (AvgIpc) is 2.46. The minimum atomic E-state index is -0.980. The summed E-state index contributed by atoms with van der Waals surface area (Å²) in [6.45, 7) is 6.88. The number of aliphatic carboxylic acids is 1. The number of carboxylic acids is 1. The first-order valence-electron chi connectivity index (χ1n) is 7.08. The van der Waals surface area contributed by atoms with E-state index in [-0.39, 0.29) is 13.2 Å². The first-order chi connectivity index (χ1) is 10.3. The molecule has 0 rings (SSSR count). The molecule has 21 heavy (non-hydrogen) atoms. The topological polar surface area (TPSA) is 95.5 Å². The second-order valence-electron chi connectivity index (χ2n) is 3.92. The molecule has 0 bridgehead atoms. The Morgan fingerprint density at radius 2 is 1.38 bits per heavy atom. The lowest BCUT2D eigenvalue weighted by Gasteiger charge is -2.07. The van der Waals surface area contributed by atoms with Crippen molar-refractivity contribution in [1.82, 2.24) is 5.32 Å². The van der Waals surface area contributed by atoms with Gasteiger partial charge < -0.3 is 28.8 Å². The van der Waals surface area contributed by atoms with E-state index in [4.69, 9.17) is 28.8 Å². The second kappa shape index (κ2) is 17.3. The highest BCUT2D eigenvalue weighted by atomic mass is 16.6. The summed E-state index contributed by atoms with van der Waals surface area (Å²) in [4.78, 5) is 10.1. The summed E-state index contributed by atoms with van der Waals surface area (Å²) in [5.74, 6) is -0.980. The van der Waals surface area contributed by atoms with Gasteiger partial charge in [-0.05, 0) is 6.92 Å². The highest BCUT2D eigenvalue weighted by Gasteiger charge is 1.96. The zero-order valence-corrected chi connectivity index (χ0v) is 12.7. The molecule has 0 aromatic heterocycles. The van der Waals surface area contributed by atoms with Crippen LogP contribution < -0.4 is 5.32 Å². The number of carbonyl (C=O) groups is 1. The molecule has 8 heteroatoms. The molecule has 0 radical (unpaired) electrons. The van der Waals surface area contributed by atoms with Crippen LogP contribution in [0.25, 0.3) is 0 Å². The zero-order chi connectivity index (χ0) is 15.6. The van der Waals surface area contributed by atoms with Gasteiger partial charge in [0.1, 0.15) is 6.61 Å². The smallest absolute Gasteiger partial charge is 0.329 e. The largest absolute Gasteiger partial charge is 0.480 e. The van der Waals surface area contributed by atoms with Gasteiger partial charge in [0, 0.05) is 13.2 Å². The predicted octanol–water partition coefficient (Wildman–Crippen LogP) is -0.279.